The van der Waals surface area contributed by atoms with Gasteiger partial charge < -0.3 is 4.74 Å². The number of esters is 1. The summed E-state index contributed by atoms with van der Waals surface area (Å²) in [6.45, 7) is 1.97. The average molecular weight is 460 g/mol. The fourth-order valence-electron chi connectivity index (χ4n) is 6.15. The average Bonchev–Trinajstić information content (AvgIpc) is 3.18. The van der Waals surface area contributed by atoms with Crippen molar-refractivity contribution < 1.29 is 27.1 Å². The van der Waals surface area contributed by atoms with Gasteiger partial charge in [-0.15, -0.1) is 0 Å². The zero-order valence-electron chi connectivity index (χ0n) is 18.4. The summed E-state index contributed by atoms with van der Waals surface area (Å²) in [6, 6.07) is 6.02. The second-order valence-corrected chi connectivity index (χ2v) is 9.37. The van der Waals surface area contributed by atoms with Crippen molar-refractivity contribution in [1.82, 2.24) is 9.78 Å². The number of carbonyl (C=O) groups excluding carboxylic acids is 1. The van der Waals surface area contributed by atoms with Gasteiger partial charge in [0.2, 0.25) is 0 Å². The highest BCUT2D eigenvalue weighted by Crippen LogP contribution is 2.63. The number of carbonyl (C=O) groups is 1. The second kappa shape index (κ2) is 7.30. The van der Waals surface area contributed by atoms with Crippen molar-refractivity contribution in [3.63, 3.8) is 0 Å². The first-order chi connectivity index (χ1) is 15.6. The van der Waals surface area contributed by atoms with Gasteiger partial charge in [0.05, 0.1) is 24.7 Å². The SMILES string of the molecule is COC(=O)[C@]1(C(F)(F)F)CCC=C2C1CCC1=Cc3c(cnn3-c3ccc(F)cc3)C[C@@]12C. The molecule has 0 bridgehead atoms. The largest absolute Gasteiger partial charge is 0.468 e. The van der Waals surface area contributed by atoms with Crippen LogP contribution in [0.15, 0.2) is 47.7 Å². The zero-order chi connectivity index (χ0) is 23.6. The van der Waals surface area contributed by atoms with Crippen molar-refractivity contribution in [2.75, 3.05) is 7.11 Å². The van der Waals surface area contributed by atoms with Crippen LogP contribution < -0.4 is 0 Å². The summed E-state index contributed by atoms with van der Waals surface area (Å²) in [4.78, 5) is 12.6. The molecule has 5 rings (SSSR count). The van der Waals surface area contributed by atoms with Crippen LogP contribution in [-0.4, -0.2) is 29.0 Å². The molecule has 0 N–H and O–H groups in total. The summed E-state index contributed by atoms with van der Waals surface area (Å²) in [7, 11) is 1.03. The number of rotatable bonds is 2. The van der Waals surface area contributed by atoms with Gasteiger partial charge in [-0.2, -0.15) is 18.3 Å². The Morgan fingerprint density at radius 3 is 2.64 bits per heavy atom. The molecule has 174 valence electrons. The summed E-state index contributed by atoms with van der Waals surface area (Å²) in [5, 5.41) is 4.48. The van der Waals surface area contributed by atoms with E-state index < -0.39 is 28.9 Å². The number of halogens is 4. The normalized spacial score (nSPS) is 28.7. The Labute approximate surface area is 188 Å². The third-order valence-electron chi connectivity index (χ3n) is 7.79. The molecule has 2 aromatic rings. The number of fused-ring (bicyclic) bond motifs is 4. The van der Waals surface area contributed by atoms with E-state index in [9.17, 15) is 22.4 Å². The quantitative estimate of drug-likeness (QED) is 0.323. The molecule has 1 fully saturated rings. The van der Waals surface area contributed by atoms with Gasteiger partial charge in [-0.25, -0.2) is 9.07 Å². The van der Waals surface area contributed by atoms with Crippen LogP contribution in [0.3, 0.4) is 0 Å². The Balaban J connectivity index is 1.58. The zero-order valence-corrected chi connectivity index (χ0v) is 18.4. The van der Waals surface area contributed by atoms with Gasteiger partial charge in [-0.3, -0.25) is 4.79 Å². The summed E-state index contributed by atoms with van der Waals surface area (Å²) in [6.07, 6.45) is 1.98. The Bertz CT molecular complexity index is 1180. The lowest BCUT2D eigenvalue weighted by Crippen LogP contribution is -2.56. The van der Waals surface area contributed by atoms with Crippen LogP contribution in [0.5, 0.6) is 0 Å². The molecule has 0 radical (unpaired) electrons. The lowest BCUT2D eigenvalue weighted by atomic mass is 9.51. The van der Waals surface area contributed by atoms with Gasteiger partial charge in [0.25, 0.3) is 0 Å². The molecule has 3 aliphatic carbocycles. The van der Waals surface area contributed by atoms with Crippen LogP contribution in [0.1, 0.15) is 43.9 Å². The first-order valence-electron chi connectivity index (χ1n) is 11.0. The first-order valence-corrected chi connectivity index (χ1v) is 11.0. The maximum absolute atomic E-state index is 14.4. The monoisotopic (exact) mass is 460 g/mol. The number of alkyl halides is 3. The molecule has 0 amide bonds. The van der Waals surface area contributed by atoms with Crippen LogP contribution in [0.2, 0.25) is 0 Å². The topological polar surface area (TPSA) is 44.1 Å². The number of hydrogen-bond donors (Lipinski definition) is 0. The summed E-state index contributed by atoms with van der Waals surface area (Å²) in [5.74, 6) is -2.48. The molecular weight excluding hydrogens is 436 g/mol. The van der Waals surface area contributed by atoms with Crippen molar-refractivity contribution in [3.05, 3.63) is 64.8 Å². The molecule has 0 saturated heterocycles. The smallest absolute Gasteiger partial charge is 0.405 e. The van der Waals surface area contributed by atoms with Gasteiger partial charge in [0, 0.05) is 11.3 Å². The van der Waals surface area contributed by atoms with Crippen LogP contribution in [0.25, 0.3) is 11.8 Å². The minimum absolute atomic E-state index is 0.172. The Morgan fingerprint density at radius 1 is 1.24 bits per heavy atom. The van der Waals surface area contributed by atoms with Gasteiger partial charge in [0.1, 0.15) is 5.82 Å². The number of aromatic nitrogens is 2. The van der Waals surface area contributed by atoms with Crippen LogP contribution >= 0.6 is 0 Å². The van der Waals surface area contributed by atoms with E-state index in [4.69, 9.17) is 4.74 Å². The Morgan fingerprint density at radius 2 is 1.97 bits per heavy atom. The highest BCUT2D eigenvalue weighted by molar-refractivity contribution is 5.80. The van der Waals surface area contributed by atoms with E-state index in [1.165, 1.54) is 12.1 Å². The van der Waals surface area contributed by atoms with Gasteiger partial charge in [-0.05, 0) is 68.0 Å². The van der Waals surface area contributed by atoms with E-state index >= 15 is 0 Å². The summed E-state index contributed by atoms with van der Waals surface area (Å²) < 4.78 is 63.1. The molecule has 33 heavy (non-hydrogen) atoms. The number of benzene rings is 1. The van der Waals surface area contributed by atoms with E-state index in [1.807, 2.05) is 19.1 Å². The van der Waals surface area contributed by atoms with Gasteiger partial charge in [-0.1, -0.05) is 24.1 Å². The molecule has 1 unspecified atom stereocenters. The van der Waals surface area contributed by atoms with Crippen LogP contribution in [0.4, 0.5) is 17.6 Å². The molecule has 0 aliphatic heterocycles. The number of nitrogens with zero attached hydrogens (tertiary/aromatic N) is 2. The number of hydrogen-bond acceptors (Lipinski definition) is 3. The maximum atomic E-state index is 14.4. The predicted octanol–water partition coefficient (Wildman–Crippen LogP) is 5.81. The maximum Gasteiger partial charge on any atom is 0.405 e. The fourth-order valence-corrected chi connectivity index (χ4v) is 6.15. The summed E-state index contributed by atoms with van der Waals surface area (Å²) in [5.41, 5.74) is 1.05. The summed E-state index contributed by atoms with van der Waals surface area (Å²) >= 11 is 0. The molecular formula is C25H24F4N2O2. The third kappa shape index (κ3) is 3.02. The van der Waals surface area contributed by atoms with E-state index in [0.717, 1.165) is 23.9 Å². The minimum atomic E-state index is -4.70. The molecule has 3 aliphatic rings. The Hall–Kier alpha value is -2.90. The van der Waals surface area contributed by atoms with Crippen LogP contribution in [0, 0.1) is 22.6 Å². The molecule has 8 heteroatoms. The molecule has 1 heterocycles. The number of ether oxygens (including phenoxy) is 1. The lowest BCUT2D eigenvalue weighted by molar-refractivity contribution is -0.250. The fraction of sp³-hybridized carbons (Fsp3) is 0.440. The number of allylic oxidation sites excluding steroid dienone is 3. The molecule has 0 spiro atoms. The van der Waals surface area contributed by atoms with E-state index in [1.54, 1.807) is 23.0 Å². The van der Waals surface area contributed by atoms with Gasteiger partial charge >= 0.3 is 12.1 Å². The number of methoxy groups -OCH3 is 1. The lowest BCUT2D eigenvalue weighted by Gasteiger charge is -2.53. The molecule has 1 saturated carbocycles. The van der Waals surface area contributed by atoms with E-state index in [2.05, 4.69) is 5.10 Å². The molecule has 4 nitrogen and oxygen atoms in total. The van der Waals surface area contributed by atoms with E-state index in [-0.39, 0.29) is 25.1 Å². The minimum Gasteiger partial charge on any atom is -0.468 e. The van der Waals surface area contributed by atoms with E-state index in [0.29, 0.717) is 24.1 Å². The van der Waals surface area contributed by atoms with Crippen molar-refractivity contribution in [2.24, 2.45) is 16.7 Å². The first kappa shape index (κ1) is 21.9. The molecule has 1 aromatic carbocycles. The third-order valence-corrected chi connectivity index (χ3v) is 7.79. The van der Waals surface area contributed by atoms with Crippen LogP contribution in [-0.2, 0) is 16.0 Å². The predicted molar refractivity (Wildman–Crippen MR) is 114 cm³/mol. The highest BCUT2D eigenvalue weighted by Gasteiger charge is 2.68. The van der Waals surface area contributed by atoms with Crippen molar-refractivity contribution >= 4 is 12.0 Å². The molecule has 3 atom stereocenters. The van der Waals surface area contributed by atoms with Gasteiger partial charge in [0.15, 0.2) is 5.41 Å². The standard InChI is InChI=1S/C25H24F4N2O2/c1-23-13-15-14-30-31(18-8-6-17(26)7-9-18)21(15)12-16(23)5-10-20-19(23)4-3-11-24(20,22(32)33-2)25(27,28)29/h4,6-9,12,14,20H,3,5,10-11,13H2,1-2H3/t20?,23-,24-/m0/s1. The van der Waals surface area contributed by atoms with Crippen molar-refractivity contribution in [2.45, 2.75) is 45.2 Å². The highest BCUT2D eigenvalue weighted by atomic mass is 19.4. The molecule has 1 aromatic heterocycles. The Kier molecular flexibility index (Phi) is 4.85. The second-order valence-electron chi connectivity index (χ2n) is 9.37. The van der Waals surface area contributed by atoms with Crippen molar-refractivity contribution in [3.8, 4) is 5.69 Å². The van der Waals surface area contributed by atoms with Crippen molar-refractivity contribution in [1.29, 1.82) is 0 Å².